The van der Waals surface area contributed by atoms with Crippen molar-refractivity contribution in [2.75, 3.05) is 23.4 Å². The van der Waals surface area contributed by atoms with Crippen molar-refractivity contribution >= 4 is 41.0 Å². The molecule has 3 rings (SSSR count). The van der Waals surface area contributed by atoms with E-state index >= 15 is 0 Å². The van der Waals surface area contributed by atoms with Crippen LogP contribution in [0.5, 0.6) is 0 Å². The van der Waals surface area contributed by atoms with Crippen LogP contribution in [0.3, 0.4) is 0 Å². The van der Waals surface area contributed by atoms with Crippen LogP contribution in [0.25, 0.3) is 0 Å². The van der Waals surface area contributed by atoms with Gasteiger partial charge in [-0.2, -0.15) is 0 Å². The number of hydrogen-bond donors (Lipinski definition) is 2. The minimum absolute atomic E-state index is 0.0453. The largest absolute Gasteiger partial charge is 0.459 e. The van der Waals surface area contributed by atoms with Gasteiger partial charge in [-0.1, -0.05) is 12.1 Å². The quantitative estimate of drug-likeness (QED) is 0.717. The highest BCUT2D eigenvalue weighted by Gasteiger charge is 2.18. The van der Waals surface area contributed by atoms with Crippen LogP contribution < -0.4 is 10.6 Å². The molecule has 2 heterocycles. The molecule has 2 amide bonds. The molecule has 0 bridgehead atoms. The van der Waals surface area contributed by atoms with Gasteiger partial charge in [-0.15, -0.1) is 23.5 Å². The van der Waals surface area contributed by atoms with Crippen molar-refractivity contribution in [1.29, 1.82) is 0 Å². The highest BCUT2D eigenvalue weighted by molar-refractivity contribution is 8.19. The van der Waals surface area contributed by atoms with Gasteiger partial charge < -0.3 is 15.1 Å². The number of amides is 2. The third kappa shape index (κ3) is 5.31. The first-order chi connectivity index (χ1) is 12.2. The van der Waals surface area contributed by atoms with Gasteiger partial charge in [0, 0.05) is 30.2 Å². The minimum Gasteiger partial charge on any atom is -0.459 e. The first kappa shape index (κ1) is 17.9. The lowest BCUT2D eigenvalue weighted by atomic mass is 10.2. The number of carbonyl (C=O) groups is 2. The Morgan fingerprint density at radius 1 is 1.16 bits per heavy atom. The average Bonchev–Trinajstić information content (AvgIpc) is 3.32. The van der Waals surface area contributed by atoms with Gasteiger partial charge in [-0.05, 0) is 36.2 Å². The van der Waals surface area contributed by atoms with Crippen LogP contribution in [-0.2, 0) is 4.79 Å². The van der Waals surface area contributed by atoms with Gasteiger partial charge in [0.25, 0.3) is 5.91 Å². The van der Waals surface area contributed by atoms with E-state index in [9.17, 15) is 9.59 Å². The summed E-state index contributed by atoms with van der Waals surface area (Å²) in [6.07, 6.45) is 2.39. The third-order valence-corrected chi connectivity index (χ3v) is 6.78. The second-order valence-electron chi connectivity index (χ2n) is 5.58. The number of anilines is 1. The molecule has 25 heavy (non-hydrogen) atoms. The van der Waals surface area contributed by atoms with Gasteiger partial charge in [-0.3, -0.25) is 9.59 Å². The maximum Gasteiger partial charge on any atom is 0.286 e. The van der Waals surface area contributed by atoms with Gasteiger partial charge in [0.05, 0.1) is 10.8 Å². The molecule has 0 unspecified atom stereocenters. The number of nitrogens with one attached hydrogen (secondary N) is 2. The zero-order valence-electron chi connectivity index (χ0n) is 13.7. The SMILES string of the molecule is O=C(CCCNC(=O)c1ccco1)Nc1cccc(C2SCCS2)c1. The fraction of sp³-hybridized carbons (Fsp3) is 0.333. The summed E-state index contributed by atoms with van der Waals surface area (Å²) in [7, 11) is 0. The minimum atomic E-state index is -0.260. The molecule has 1 aromatic heterocycles. The van der Waals surface area contributed by atoms with Crippen molar-refractivity contribution in [3.8, 4) is 0 Å². The number of furan rings is 1. The van der Waals surface area contributed by atoms with Crippen LogP contribution >= 0.6 is 23.5 Å². The number of carbonyl (C=O) groups excluding carboxylic acids is 2. The Morgan fingerprint density at radius 3 is 2.76 bits per heavy atom. The molecule has 2 aromatic rings. The van der Waals surface area contributed by atoms with Crippen molar-refractivity contribution in [2.24, 2.45) is 0 Å². The molecule has 1 aromatic carbocycles. The Balaban J connectivity index is 1.40. The standard InChI is InChI=1S/C18H20N2O3S2/c21-16(7-2-8-19-17(22)15-6-3-9-23-15)20-14-5-1-4-13(12-14)18-24-10-11-25-18/h1,3-6,9,12,18H,2,7-8,10-11H2,(H,19,22)(H,20,21). The van der Waals surface area contributed by atoms with Crippen LogP contribution in [0.15, 0.2) is 47.1 Å². The molecule has 1 aliphatic rings. The monoisotopic (exact) mass is 376 g/mol. The molecule has 0 atom stereocenters. The van der Waals surface area contributed by atoms with E-state index in [0.717, 1.165) is 5.69 Å². The van der Waals surface area contributed by atoms with Gasteiger partial charge in [0.2, 0.25) is 5.91 Å². The Morgan fingerprint density at radius 2 is 2.00 bits per heavy atom. The van der Waals surface area contributed by atoms with E-state index in [0.29, 0.717) is 24.0 Å². The molecule has 132 valence electrons. The fourth-order valence-electron chi connectivity index (χ4n) is 2.48. The lowest BCUT2D eigenvalue weighted by Gasteiger charge is -2.11. The van der Waals surface area contributed by atoms with Crippen LogP contribution in [0, 0.1) is 0 Å². The summed E-state index contributed by atoms with van der Waals surface area (Å²) in [6, 6.07) is 11.3. The van der Waals surface area contributed by atoms with E-state index in [2.05, 4.69) is 16.7 Å². The summed E-state index contributed by atoms with van der Waals surface area (Å²) in [5.41, 5.74) is 2.08. The predicted octanol–water partition coefficient (Wildman–Crippen LogP) is 3.91. The number of benzene rings is 1. The van der Waals surface area contributed by atoms with Gasteiger partial charge in [-0.25, -0.2) is 0 Å². The van der Waals surface area contributed by atoms with Gasteiger partial charge in [0.1, 0.15) is 0 Å². The fourth-order valence-corrected chi connectivity index (χ4v) is 5.32. The molecule has 7 heteroatoms. The first-order valence-electron chi connectivity index (χ1n) is 8.17. The highest BCUT2D eigenvalue weighted by atomic mass is 32.2. The molecule has 5 nitrogen and oxygen atoms in total. The Labute approximate surface area is 155 Å². The van der Waals surface area contributed by atoms with Crippen molar-refractivity contribution in [1.82, 2.24) is 5.32 Å². The van der Waals surface area contributed by atoms with E-state index in [1.165, 1.54) is 23.3 Å². The Bertz CT molecular complexity index is 713. The maximum absolute atomic E-state index is 12.1. The third-order valence-electron chi connectivity index (χ3n) is 3.68. The highest BCUT2D eigenvalue weighted by Crippen LogP contribution is 2.45. The van der Waals surface area contributed by atoms with E-state index in [-0.39, 0.29) is 17.6 Å². The number of thioether (sulfide) groups is 2. The molecule has 0 spiro atoms. The molecular formula is C18H20N2O3S2. The van der Waals surface area contributed by atoms with Crippen molar-refractivity contribution in [2.45, 2.75) is 17.4 Å². The molecule has 2 N–H and O–H groups in total. The zero-order chi connectivity index (χ0) is 17.5. The summed E-state index contributed by atoms with van der Waals surface area (Å²) in [4.78, 5) is 23.8. The first-order valence-corrected chi connectivity index (χ1v) is 10.3. The smallest absolute Gasteiger partial charge is 0.286 e. The maximum atomic E-state index is 12.1. The summed E-state index contributed by atoms with van der Waals surface area (Å²) < 4.78 is 5.48. The molecule has 0 radical (unpaired) electrons. The predicted molar refractivity (Wildman–Crippen MR) is 103 cm³/mol. The zero-order valence-corrected chi connectivity index (χ0v) is 15.3. The van der Waals surface area contributed by atoms with Crippen LogP contribution in [0.4, 0.5) is 5.69 Å². The van der Waals surface area contributed by atoms with E-state index in [4.69, 9.17) is 4.42 Å². The van der Waals surface area contributed by atoms with E-state index in [1.54, 1.807) is 12.1 Å². The molecule has 1 fully saturated rings. The second-order valence-corrected chi connectivity index (χ2v) is 8.31. The summed E-state index contributed by atoms with van der Waals surface area (Å²) >= 11 is 3.89. The molecule has 0 aliphatic carbocycles. The van der Waals surface area contributed by atoms with Crippen LogP contribution in [0.1, 0.15) is 33.5 Å². The van der Waals surface area contributed by atoms with Crippen molar-refractivity contribution in [3.05, 3.63) is 54.0 Å². The normalized spacial score (nSPS) is 14.4. The topological polar surface area (TPSA) is 71.3 Å². The Kier molecular flexibility index (Phi) is 6.47. The van der Waals surface area contributed by atoms with Gasteiger partial charge in [0.15, 0.2) is 5.76 Å². The van der Waals surface area contributed by atoms with Gasteiger partial charge >= 0.3 is 0 Å². The van der Waals surface area contributed by atoms with Crippen molar-refractivity contribution in [3.63, 3.8) is 0 Å². The number of rotatable bonds is 7. The summed E-state index contributed by atoms with van der Waals surface area (Å²) in [5, 5.41) is 5.67. The summed E-state index contributed by atoms with van der Waals surface area (Å²) in [5.74, 6) is 2.33. The number of hydrogen-bond acceptors (Lipinski definition) is 5. The van der Waals surface area contributed by atoms with Crippen LogP contribution in [0.2, 0.25) is 0 Å². The Hall–Kier alpha value is -1.86. The lowest BCUT2D eigenvalue weighted by molar-refractivity contribution is -0.116. The van der Waals surface area contributed by atoms with Crippen LogP contribution in [-0.4, -0.2) is 29.9 Å². The lowest BCUT2D eigenvalue weighted by Crippen LogP contribution is -2.25. The molecule has 1 aliphatic heterocycles. The molecule has 0 saturated carbocycles. The second kappa shape index (κ2) is 9.01. The van der Waals surface area contributed by atoms with Crippen molar-refractivity contribution < 1.29 is 14.0 Å². The van der Waals surface area contributed by atoms with E-state index < -0.39 is 0 Å². The van der Waals surface area contributed by atoms with E-state index in [1.807, 2.05) is 41.7 Å². The molecule has 1 saturated heterocycles. The average molecular weight is 377 g/mol. The molecular weight excluding hydrogens is 356 g/mol. The summed E-state index contributed by atoms with van der Waals surface area (Å²) in [6.45, 7) is 0.433.